The molecule has 0 saturated heterocycles. The molecule has 0 saturated carbocycles. The molecule has 134 valence electrons. The second-order valence-electron chi connectivity index (χ2n) is 6.72. The van der Waals surface area contributed by atoms with E-state index >= 15 is 0 Å². The summed E-state index contributed by atoms with van der Waals surface area (Å²) in [5.41, 5.74) is 2.38. The molecule has 0 bridgehead atoms. The first-order chi connectivity index (χ1) is 13.1. The Morgan fingerprint density at radius 1 is 0.852 bits per heavy atom. The largest absolute Gasteiger partial charge is 0.456 e. The lowest BCUT2D eigenvalue weighted by molar-refractivity contribution is 0.474. The molecule has 0 fully saturated rings. The van der Waals surface area contributed by atoms with Crippen LogP contribution in [0.4, 0.5) is 0 Å². The summed E-state index contributed by atoms with van der Waals surface area (Å²) in [6.45, 7) is 4.27. The number of ether oxygens (including phenoxy) is 1. The van der Waals surface area contributed by atoms with Gasteiger partial charge in [0.15, 0.2) is 0 Å². The van der Waals surface area contributed by atoms with Crippen LogP contribution in [0, 0.1) is 0 Å². The van der Waals surface area contributed by atoms with Gasteiger partial charge in [-0.25, -0.2) is 4.98 Å². The first-order valence-corrected chi connectivity index (χ1v) is 8.99. The van der Waals surface area contributed by atoms with E-state index in [1.165, 1.54) is 0 Å². The zero-order chi connectivity index (χ0) is 18.8. The van der Waals surface area contributed by atoms with Gasteiger partial charge in [-0.2, -0.15) is 0 Å². The van der Waals surface area contributed by atoms with Crippen molar-refractivity contribution in [2.45, 2.75) is 19.8 Å². The fourth-order valence-electron chi connectivity index (χ4n) is 3.13. The van der Waals surface area contributed by atoms with Crippen molar-refractivity contribution in [1.29, 1.82) is 0 Å². The number of benzene rings is 3. The van der Waals surface area contributed by atoms with E-state index in [9.17, 15) is 4.79 Å². The van der Waals surface area contributed by atoms with Crippen LogP contribution >= 0.6 is 0 Å². The molecule has 4 rings (SSSR count). The molecular weight excluding hydrogens is 336 g/mol. The lowest BCUT2D eigenvalue weighted by Crippen LogP contribution is -2.09. The van der Waals surface area contributed by atoms with Crippen molar-refractivity contribution in [2.24, 2.45) is 0 Å². The van der Waals surface area contributed by atoms with E-state index in [2.05, 4.69) is 29.9 Å². The van der Waals surface area contributed by atoms with Gasteiger partial charge < -0.3 is 9.72 Å². The molecule has 1 N–H and O–H groups in total. The van der Waals surface area contributed by atoms with Gasteiger partial charge in [-0.05, 0) is 41.8 Å². The van der Waals surface area contributed by atoms with Gasteiger partial charge in [-0.15, -0.1) is 0 Å². The topological polar surface area (TPSA) is 55.0 Å². The van der Waals surface area contributed by atoms with E-state index in [1.807, 2.05) is 60.7 Å². The Labute approximate surface area is 157 Å². The highest BCUT2D eigenvalue weighted by Gasteiger charge is 2.14. The van der Waals surface area contributed by atoms with Crippen LogP contribution in [-0.2, 0) is 0 Å². The van der Waals surface area contributed by atoms with E-state index in [0.717, 1.165) is 16.9 Å². The minimum atomic E-state index is -0.159. The number of hydrogen-bond donors (Lipinski definition) is 1. The molecule has 0 radical (unpaired) electrons. The Morgan fingerprint density at radius 2 is 1.52 bits per heavy atom. The molecule has 27 heavy (non-hydrogen) atoms. The maximum Gasteiger partial charge on any atom is 0.259 e. The average Bonchev–Trinajstić information content (AvgIpc) is 2.69. The molecule has 0 aliphatic carbocycles. The molecule has 1 heterocycles. The predicted molar refractivity (Wildman–Crippen MR) is 108 cm³/mol. The van der Waals surface area contributed by atoms with Gasteiger partial charge in [0.2, 0.25) is 0 Å². The van der Waals surface area contributed by atoms with Gasteiger partial charge in [0, 0.05) is 0 Å². The van der Waals surface area contributed by atoms with E-state index in [0.29, 0.717) is 28.4 Å². The molecule has 0 aliphatic rings. The Kier molecular flexibility index (Phi) is 4.47. The third kappa shape index (κ3) is 3.34. The average molecular weight is 356 g/mol. The normalized spacial score (nSPS) is 11.1. The summed E-state index contributed by atoms with van der Waals surface area (Å²) in [6.07, 6.45) is 0. The maximum absolute atomic E-state index is 12.4. The van der Waals surface area contributed by atoms with Crippen LogP contribution in [0.2, 0.25) is 0 Å². The zero-order valence-electron chi connectivity index (χ0n) is 15.3. The van der Waals surface area contributed by atoms with Crippen LogP contribution in [-0.4, -0.2) is 9.97 Å². The lowest BCUT2D eigenvalue weighted by Gasteiger charge is -2.15. The molecule has 0 spiro atoms. The van der Waals surface area contributed by atoms with E-state index in [4.69, 9.17) is 4.74 Å². The second-order valence-corrected chi connectivity index (χ2v) is 6.72. The van der Waals surface area contributed by atoms with E-state index in [1.54, 1.807) is 6.07 Å². The number of hydrogen-bond acceptors (Lipinski definition) is 3. The standard InChI is InChI=1S/C23H20N2O2/c1-15(2)16-9-4-7-13-20(16)27-21-14-8-5-11-18(21)22-24-19-12-6-3-10-17(19)23(26)25-22/h3-15H,1-2H3,(H,24,25,26). The first kappa shape index (κ1) is 17.0. The maximum atomic E-state index is 12.4. The van der Waals surface area contributed by atoms with Crippen LogP contribution in [0.25, 0.3) is 22.3 Å². The van der Waals surface area contributed by atoms with Gasteiger partial charge >= 0.3 is 0 Å². The molecule has 0 unspecified atom stereocenters. The third-order valence-electron chi connectivity index (χ3n) is 4.52. The zero-order valence-corrected chi connectivity index (χ0v) is 15.3. The van der Waals surface area contributed by atoms with Crippen LogP contribution in [0.3, 0.4) is 0 Å². The number of rotatable bonds is 4. The molecule has 3 aromatic carbocycles. The van der Waals surface area contributed by atoms with Crippen molar-refractivity contribution in [3.8, 4) is 22.9 Å². The minimum absolute atomic E-state index is 0.159. The fourth-order valence-corrected chi connectivity index (χ4v) is 3.13. The molecule has 0 amide bonds. The van der Waals surface area contributed by atoms with Crippen LogP contribution in [0.15, 0.2) is 77.6 Å². The SMILES string of the molecule is CC(C)c1ccccc1Oc1ccccc1-c1nc2ccccc2c(=O)[nH]1. The number of nitrogens with one attached hydrogen (secondary N) is 1. The molecule has 0 atom stereocenters. The minimum Gasteiger partial charge on any atom is -0.456 e. The van der Waals surface area contributed by atoms with Gasteiger partial charge in [0.1, 0.15) is 17.3 Å². The summed E-state index contributed by atoms with van der Waals surface area (Å²) in [5.74, 6) is 2.30. The summed E-state index contributed by atoms with van der Waals surface area (Å²) < 4.78 is 6.25. The number of para-hydroxylation sites is 3. The molecule has 0 aliphatic heterocycles. The smallest absolute Gasteiger partial charge is 0.259 e. The number of fused-ring (bicyclic) bond motifs is 1. The number of aromatic nitrogens is 2. The van der Waals surface area contributed by atoms with Gasteiger partial charge in [-0.1, -0.05) is 56.3 Å². The first-order valence-electron chi connectivity index (χ1n) is 8.99. The van der Waals surface area contributed by atoms with Crippen molar-refractivity contribution < 1.29 is 4.74 Å². The van der Waals surface area contributed by atoms with Gasteiger partial charge in [-0.3, -0.25) is 4.79 Å². The van der Waals surface area contributed by atoms with Crippen LogP contribution in [0.1, 0.15) is 25.3 Å². The van der Waals surface area contributed by atoms with Crippen LogP contribution < -0.4 is 10.3 Å². The molecule has 1 aromatic heterocycles. The van der Waals surface area contributed by atoms with Crippen molar-refractivity contribution in [3.05, 3.63) is 88.7 Å². The highest BCUT2D eigenvalue weighted by molar-refractivity contribution is 5.80. The lowest BCUT2D eigenvalue weighted by atomic mass is 10.0. The Hall–Kier alpha value is -3.40. The van der Waals surface area contributed by atoms with Crippen molar-refractivity contribution >= 4 is 10.9 Å². The number of nitrogens with zero attached hydrogens (tertiary/aromatic N) is 1. The fraction of sp³-hybridized carbons (Fsp3) is 0.130. The highest BCUT2D eigenvalue weighted by atomic mass is 16.5. The summed E-state index contributed by atoms with van der Waals surface area (Å²) in [4.78, 5) is 20.0. The van der Waals surface area contributed by atoms with E-state index < -0.39 is 0 Å². The summed E-state index contributed by atoms with van der Waals surface area (Å²) in [7, 11) is 0. The predicted octanol–water partition coefficient (Wildman–Crippen LogP) is 5.51. The second kappa shape index (κ2) is 7.08. The Bertz CT molecular complexity index is 1160. The number of H-pyrrole nitrogens is 1. The van der Waals surface area contributed by atoms with Crippen molar-refractivity contribution in [1.82, 2.24) is 9.97 Å². The molecule has 4 nitrogen and oxygen atoms in total. The van der Waals surface area contributed by atoms with Crippen molar-refractivity contribution in [3.63, 3.8) is 0 Å². The molecule has 4 heteroatoms. The Balaban J connectivity index is 1.82. The number of aromatic amines is 1. The summed E-state index contributed by atoms with van der Waals surface area (Å²) >= 11 is 0. The molecule has 4 aromatic rings. The summed E-state index contributed by atoms with van der Waals surface area (Å²) in [5, 5.41) is 0.574. The quantitative estimate of drug-likeness (QED) is 0.525. The van der Waals surface area contributed by atoms with Crippen LogP contribution in [0.5, 0.6) is 11.5 Å². The summed E-state index contributed by atoms with van der Waals surface area (Å²) in [6, 6.07) is 22.9. The highest BCUT2D eigenvalue weighted by Crippen LogP contribution is 2.35. The third-order valence-corrected chi connectivity index (χ3v) is 4.52. The Morgan fingerprint density at radius 3 is 2.33 bits per heavy atom. The molecular formula is C23H20N2O2. The van der Waals surface area contributed by atoms with E-state index in [-0.39, 0.29) is 5.56 Å². The van der Waals surface area contributed by atoms with Gasteiger partial charge in [0.25, 0.3) is 5.56 Å². The van der Waals surface area contributed by atoms with Gasteiger partial charge in [0.05, 0.1) is 16.5 Å². The van der Waals surface area contributed by atoms with Crippen molar-refractivity contribution in [2.75, 3.05) is 0 Å². The monoisotopic (exact) mass is 356 g/mol.